The summed E-state index contributed by atoms with van der Waals surface area (Å²) in [5.41, 5.74) is 4.56. The van der Waals surface area contributed by atoms with E-state index in [4.69, 9.17) is 4.74 Å². The Morgan fingerprint density at radius 2 is 1.88 bits per heavy atom. The summed E-state index contributed by atoms with van der Waals surface area (Å²) >= 11 is 0. The zero-order valence-corrected chi connectivity index (χ0v) is 13.4. The molecule has 24 heavy (non-hydrogen) atoms. The number of ether oxygens (including phenoxy) is 1. The molecular formula is C17H17N3O4. The van der Waals surface area contributed by atoms with Crippen LogP contribution in [0, 0.1) is 17.0 Å². The lowest BCUT2D eigenvalue weighted by Crippen LogP contribution is -2.25. The first-order valence-corrected chi connectivity index (χ1v) is 7.24. The van der Waals surface area contributed by atoms with Crippen LogP contribution < -0.4 is 10.2 Å². The maximum absolute atomic E-state index is 11.8. The molecule has 0 unspecified atom stereocenters. The third-order valence-electron chi connectivity index (χ3n) is 3.30. The highest BCUT2D eigenvalue weighted by atomic mass is 16.6. The average Bonchev–Trinajstić information content (AvgIpc) is 2.59. The number of hydrogen-bond donors (Lipinski definition) is 1. The molecule has 1 amide bonds. The minimum absolute atomic E-state index is 0.00205. The molecule has 2 rings (SSSR count). The summed E-state index contributed by atoms with van der Waals surface area (Å²) in [6.45, 7) is 3.44. The first-order valence-electron chi connectivity index (χ1n) is 7.24. The normalized spacial score (nSPS) is 11.0. The Morgan fingerprint density at radius 3 is 2.50 bits per heavy atom. The number of amides is 1. The number of nitrogens with zero attached hydrogens (tertiary/aromatic N) is 2. The number of nitrogens with one attached hydrogen (secondary N) is 1. The van der Waals surface area contributed by atoms with Crippen molar-refractivity contribution in [2.24, 2.45) is 5.10 Å². The minimum Gasteiger partial charge on any atom is -0.483 e. The quantitative estimate of drug-likeness (QED) is 0.501. The molecule has 0 spiro atoms. The van der Waals surface area contributed by atoms with Gasteiger partial charge >= 0.3 is 0 Å². The standard InChI is InChI=1S/C17H17N3O4/c1-12-5-3-4-6-16(12)24-11-17(21)19-18-13(2)14-7-9-15(10-8-14)20(22)23/h3-10H,11H2,1-2H3,(H,19,21)/b18-13-. The number of aryl methyl sites for hydroxylation is 1. The highest BCUT2D eigenvalue weighted by molar-refractivity contribution is 5.99. The Labute approximate surface area is 139 Å². The van der Waals surface area contributed by atoms with Gasteiger partial charge in [-0.05, 0) is 43.2 Å². The zero-order chi connectivity index (χ0) is 17.5. The van der Waals surface area contributed by atoms with Crippen LogP contribution in [0.2, 0.25) is 0 Å². The molecule has 0 atom stereocenters. The SMILES string of the molecule is C/C(=N/NC(=O)COc1ccccc1C)c1ccc([N+](=O)[O-])cc1. The van der Waals surface area contributed by atoms with E-state index >= 15 is 0 Å². The maximum Gasteiger partial charge on any atom is 0.277 e. The molecule has 2 aromatic rings. The summed E-state index contributed by atoms with van der Waals surface area (Å²) in [6.07, 6.45) is 0. The lowest BCUT2D eigenvalue weighted by Gasteiger charge is -2.08. The van der Waals surface area contributed by atoms with Crippen LogP contribution in [0.25, 0.3) is 0 Å². The van der Waals surface area contributed by atoms with Gasteiger partial charge in [-0.15, -0.1) is 0 Å². The molecule has 7 nitrogen and oxygen atoms in total. The Hall–Kier alpha value is -3.22. The molecule has 1 N–H and O–H groups in total. The van der Waals surface area contributed by atoms with E-state index in [1.807, 2.05) is 25.1 Å². The molecular weight excluding hydrogens is 310 g/mol. The number of benzene rings is 2. The molecule has 124 valence electrons. The van der Waals surface area contributed by atoms with Gasteiger partial charge in [0.15, 0.2) is 6.61 Å². The van der Waals surface area contributed by atoms with E-state index in [2.05, 4.69) is 10.5 Å². The second-order valence-corrected chi connectivity index (χ2v) is 5.09. The third kappa shape index (κ3) is 4.64. The van der Waals surface area contributed by atoms with Crippen LogP contribution in [0.1, 0.15) is 18.1 Å². The predicted molar refractivity (Wildman–Crippen MR) is 90.1 cm³/mol. The van der Waals surface area contributed by atoms with E-state index in [1.165, 1.54) is 12.1 Å². The highest BCUT2D eigenvalue weighted by Gasteiger charge is 2.07. The second kappa shape index (κ2) is 7.87. The number of nitro groups is 1. The number of hydrazone groups is 1. The van der Waals surface area contributed by atoms with Gasteiger partial charge in [0.2, 0.25) is 0 Å². The van der Waals surface area contributed by atoms with Gasteiger partial charge in [0.05, 0.1) is 10.6 Å². The molecule has 0 fully saturated rings. The number of carbonyl (C=O) groups is 1. The van der Waals surface area contributed by atoms with Gasteiger partial charge in [0.25, 0.3) is 11.6 Å². The number of nitro benzene ring substituents is 1. The van der Waals surface area contributed by atoms with E-state index in [0.717, 1.165) is 5.56 Å². The molecule has 7 heteroatoms. The van der Waals surface area contributed by atoms with Crippen molar-refractivity contribution in [1.82, 2.24) is 5.43 Å². The summed E-state index contributed by atoms with van der Waals surface area (Å²) < 4.78 is 5.42. The van der Waals surface area contributed by atoms with Crippen molar-refractivity contribution in [3.8, 4) is 5.75 Å². The number of rotatable bonds is 6. The Balaban J connectivity index is 1.90. The largest absolute Gasteiger partial charge is 0.483 e. The molecule has 0 aliphatic rings. The molecule has 0 aromatic heterocycles. The van der Waals surface area contributed by atoms with Gasteiger partial charge in [-0.2, -0.15) is 5.10 Å². The molecule has 0 bridgehead atoms. The summed E-state index contributed by atoms with van der Waals surface area (Å²) in [5, 5.41) is 14.6. The van der Waals surface area contributed by atoms with Crippen LogP contribution in [-0.4, -0.2) is 23.1 Å². The van der Waals surface area contributed by atoms with Crippen LogP contribution >= 0.6 is 0 Å². The molecule has 0 heterocycles. The maximum atomic E-state index is 11.8. The van der Waals surface area contributed by atoms with Gasteiger partial charge in [0, 0.05) is 12.1 Å². The second-order valence-electron chi connectivity index (χ2n) is 5.09. The lowest BCUT2D eigenvalue weighted by atomic mass is 10.1. The molecule has 0 saturated heterocycles. The van der Waals surface area contributed by atoms with E-state index in [9.17, 15) is 14.9 Å². The summed E-state index contributed by atoms with van der Waals surface area (Å²) in [6, 6.07) is 13.3. The first-order chi connectivity index (χ1) is 11.5. The number of carbonyl (C=O) groups excluding carboxylic acids is 1. The fraction of sp³-hybridized carbons (Fsp3) is 0.176. The third-order valence-corrected chi connectivity index (χ3v) is 3.30. The van der Waals surface area contributed by atoms with Gasteiger partial charge < -0.3 is 4.74 Å². The van der Waals surface area contributed by atoms with Crippen LogP contribution in [0.5, 0.6) is 5.75 Å². The molecule has 0 aliphatic heterocycles. The molecule has 0 radical (unpaired) electrons. The van der Waals surface area contributed by atoms with Crippen molar-refractivity contribution in [2.45, 2.75) is 13.8 Å². The zero-order valence-electron chi connectivity index (χ0n) is 13.4. The minimum atomic E-state index is -0.471. The van der Waals surface area contributed by atoms with Crippen molar-refractivity contribution < 1.29 is 14.5 Å². The number of non-ortho nitro benzene ring substituents is 1. The van der Waals surface area contributed by atoms with Gasteiger partial charge in [0.1, 0.15) is 5.75 Å². The van der Waals surface area contributed by atoms with Crippen LogP contribution in [-0.2, 0) is 4.79 Å². The molecule has 0 saturated carbocycles. The van der Waals surface area contributed by atoms with Crippen molar-refractivity contribution in [1.29, 1.82) is 0 Å². The summed E-state index contributed by atoms with van der Waals surface area (Å²) in [5.74, 6) is 0.253. The van der Waals surface area contributed by atoms with Gasteiger partial charge in [-0.1, -0.05) is 18.2 Å². The monoisotopic (exact) mass is 327 g/mol. The number of para-hydroxylation sites is 1. The van der Waals surface area contributed by atoms with E-state index in [1.54, 1.807) is 25.1 Å². The van der Waals surface area contributed by atoms with Gasteiger partial charge in [-0.3, -0.25) is 14.9 Å². The summed E-state index contributed by atoms with van der Waals surface area (Å²) in [4.78, 5) is 21.9. The number of hydrogen-bond acceptors (Lipinski definition) is 5. The van der Waals surface area contributed by atoms with Crippen molar-refractivity contribution >= 4 is 17.3 Å². The Morgan fingerprint density at radius 1 is 1.21 bits per heavy atom. The highest BCUT2D eigenvalue weighted by Crippen LogP contribution is 2.15. The fourth-order valence-corrected chi connectivity index (χ4v) is 1.93. The first kappa shape index (κ1) is 17.1. The predicted octanol–water partition coefficient (Wildman–Crippen LogP) is 2.82. The van der Waals surface area contributed by atoms with Crippen LogP contribution in [0.15, 0.2) is 53.6 Å². The van der Waals surface area contributed by atoms with E-state index in [0.29, 0.717) is 17.0 Å². The van der Waals surface area contributed by atoms with Crippen molar-refractivity contribution in [3.63, 3.8) is 0 Å². The van der Waals surface area contributed by atoms with Crippen LogP contribution in [0.3, 0.4) is 0 Å². The van der Waals surface area contributed by atoms with E-state index < -0.39 is 4.92 Å². The molecule has 0 aliphatic carbocycles. The average molecular weight is 327 g/mol. The van der Waals surface area contributed by atoms with Gasteiger partial charge in [-0.25, -0.2) is 5.43 Å². The fourth-order valence-electron chi connectivity index (χ4n) is 1.93. The van der Waals surface area contributed by atoms with Crippen molar-refractivity contribution in [2.75, 3.05) is 6.61 Å². The topological polar surface area (TPSA) is 93.8 Å². The van der Waals surface area contributed by atoms with E-state index in [-0.39, 0.29) is 18.2 Å². The Bertz CT molecular complexity index is 770. The lowest BCUT2D eigenvalue weighted by molar-refractivity contribution is -0.384. The summed E-state index contributed by atoms with van der Waals surface area (Å²) in [7, 11) is 0. The van der Waals surface area contributed by atoms with Crippen LogP contribution in [0.4, 0.5) is 5.69 Å². The Kier molecular flexibility index (Phi) is 5.62. The smallest absolute Gasteiger partial charge is 0.277 e. The van der Waals surface area contributed by atoms with Crippen molar-refractivity contribution in [3.05, 3.63) is 69.8 Å². The molecule has 2 aromatic carbocycles.